The Balaban J connectivity index is 2.72. The zero-order valence-electron chi connectivity index (χ0n) is 10.1. The Kier molecular flexibility index (Phi) is 3.41. The Morgan fingerprint density at radius 3 is 2.79 bits per heavy atom. The van der Waals surface area contributed by atoms with Crippen LogP contribution in [0.5, 0.6) is 0 Å². The van der Waals surface area contributed by atoms with Gasteiger partial charge in [-0.3, -0.25) is 4.57 Å². The van der Waals surface area contributed by atoms with Crippen LogP contribution in [0, 0.1) is 5.82 Å². The van der Waals surface area contributed by atoms with Crippen LogP contribution in [0.2, 0.25) is 0 Å². The number of aryl methyl sites for hydroxylation is 1. The summed E-state index contributed by atoms with van der Waals surface area (Å²) < 4.78 is 14.4. The summed E-state index contributed by atoms with van der Waals surface area (Å²) in [6.45, 7) is 2.02. The Hall–Kier alpha value is -2.50. The molecule has 0 aliphatic carbocycles. The maximum Gasteiger partial charge on any atom is 0.348 e. The molecule has 1 heterocycles. The molecule has 0 radical (unpaired) electrons. The van der Waals surface area contributed by atoms with E-state index in [0.717, 1.165) is 6.07 Å². The molecule has 0 bridgehead atoms. The molecule has 1 aromatic heterocycles. The van der Waals surface area contributed by atoms with E-state index in [9.17, 15) is 14.0 Å². The van der Waals surface area contributed by atoms with E-state index in [4.69, 9.17) is 5.11 Å². The highest BCUT2D eigenvalue weighted by atomic mass is 19.1. The van der Waals surface area contributed by atoms with Crippen molar-refractivity contribution in [2.75, 3.05) is 0 Å². The average Bonchev–Trinajstić information content (AvgIpc) is 2.38. The molecule has 1 N–H and O–H groups in total. The van der Waals surface area contributed by atoms with Crippen molar-refractivity contribution >= 4 is 5.97 Å². The molecule has 19 heavy (non-hydrogen) atoms. The monoisotopic (exact) mass is 262 g/mol. The highest BCUT2D eigenvalue weighted by Crippen LogP contribution is 2.20. The molecule has 0 unspecified atom stereocenters. The summed E-state index contributed by atoms with van der Waals surface area (Å²) in [5.41, 5.74) is -0.460. The minimum Gasteiger partial charge on any atom is -0.478 e. The standard InChI is InChI=1S/C13H11FN2O3/c1-2-16-7-10(12(17)18)11(15-13(16)19)8-4-3-5-9(14)6-8/h3-7H,2H2,1H3,(H,17,18). The molecule has 0 saturated carbocycles. The normalized spacial score (nSPS) is 10.4. The Morgan fingerprint density at radius 2 is 2.21 bits per heavy atom. The van der Waals surface area contributed by atoms with Crippen molar-refractivity contribution in [1.29, 1.82) is 0 Å². The van der Waals surface area contributed by atoms with Gasteiger partial charge < -0.3 is 5.11 Å². The molecule has 0 saturated heterocycles. The minimum atomic E-state index is -1.21. The molecule has 0 fully saturated rings. The lowest BCUT2D eigenvalue weighted by atomic mass is 10.1. The summed E-state index contributed by atoms with van der Waals surface area (Å²) in [4.78, 5) is 26.6. The van der Waals surface area contributed by atoms with E-state index in [0.29, 0.717) is 6.54 Å². The van der Waals surface area contributed by atoms with E-state index >= 15 is 0 Å². The van der Waals surface area contributed by atoms with Gasteiger partial charge in [-0.05, 0) is 19.1 Å². The summed E-state index contributed by atoms with van der Waals surface area (Å²) in [6.07, 6.45) is 1.22. The molecule has 98 valence electrons. The van der Waals surface area contributed by atoms with Crippen molar-refractivity contribution < 1.29 is 14.3 Å². The summed E-state index contributed by atoms with van der Waals surface area (Å²) in [6, 6.07) is 5.32. The fourth-order valence-corrected chi connectivity index (χ4v) is 1.73. The number of aromatic carboxylic acids is 1. The van der Waals surface area contributed by atoms with Crippen molar-refractivity contribution in [1.82, 2.24) is 9.55 Å². The number of halogens is 1. The highest BCUT2D eigenvalue weighted by Gasteiger charge is 2.16. The van der Waals surface area contributed by atoms with E-state index in [2.05, 4.69) is 4.98 Å². The first kappa shape index (κ1) is 12.9. The number of hydrogen-bond acceptors (Lipinski definition) is 3. The Morgan fingerprint density at radius 1 is 1.47 bits per heavy atom. The summed E-state index contributed by atoms with van der Waals surface area (Å²) in [5, 5.41) is 9.16. The summed E-state index contributed by atoms with van der Waals surface area (Å²) >= 11 is 0. The molecular weight excluding hydrogens is 251 g/mol. The number of nitrogens with zero attached hydrogens (tertiary/aromatic N) is 2. The number of carboxylic acids is 1. The van der Waals surface area contributed by atoms with Crippen LogP contribution in [0.15, 0.2) is 35.3 Å². The van der Waals surface area contributed by atoms with Crippen LogP contribution in [-0.4, -0.2) is 20.6 Å². The molecule has 0 spiro atoms. The third kappa shape index (κ3) is 2.52. The van der Waals surface area contributed by atoms with Gasteiger partial charge >= 0.3 is 11.7 Å². The number of carboxylic acid groups (broad SMARTS) is 1. The van der Waals surface area contributed by atoms with E-state index in [1.165, 1.54) is 29.0 Å². The average molecular weight is 262 g/mol. The zero-order chi connectivity index (χ0) is 14.0. The predicted molar refractivity (Wildman–Crippen MR) is 66.5 cm³/mol. The van der Waals surface area contributed by atoms with E-state index < -0.39 is 17.5 Å². The van der Waals surface area contributed by atoms with Crippen molar-refractivity contribution in [3.8, 4) is 11.3 Å². The highest BCUT2D eigenvalue weighted by molar-refractivity contribution is 5.94. The smallest absolute Gasteiger partial charge is 0.348 e. The molecule has 0 aliphatic heterocycles. The predicted octanol–water partition coefficient (Wildman–Crippen LogP) is 1.77. The van der Waals surface area contributed by atoms with Crippen LogP contribution in [0.4, 0.5) is 4.39 Å². The second-order valence-corrected chi connectivity index (χ2v) is 3.89. The van der Waals surface area contributed by atoms with Gasteiger partial charge in [-0.1, -0.05) is 12.1 Å². The minimum absolute atomic E-state index is 0.0262. The van der Waals surface area contributed by atoms with Gasteiger partial charge in [0.1, 0.15) is 11.4 Å². The lowest BCUT2D eigenvalue weighted by Gasteiger charge is -2.08. The lowest BCUT2D eigenvalue weighted by molar-refractivity contribution is 0.0696. The number of carbonyl (C=O) groups is 1. The largest absolute Gasteiger partial charge is 0.478 e. The van der Waals surface area contributed by atoms with E-state index in [1.807, 2.05) is 0 Å². The maximum atomic E-state index is 13.2. The Bertz CT molecular complexity index is 695. The molecular formula is C13H11FN2O3. The molecule has 6 heteroatoms. The molecule has 0 aliphatic rings. The molecule has 1 aromatic carbocycles. The van der Waals surface area contributed by atoms with Gasteiger partial charge in [0.05, 0.1) is 5.69 Å². The van der Waals surface area contributed by atoms with Crippen LogP contribution in [0.1, 0.15) is 17.3 Å². The lowest BCUT2D eigenvalue weighted by Crippen LogP contribution is -2.24. The second kappa shape index (κ2) is 5.01. The van der Waals surface area contributed by atoms with Gasteiger partial charge in [0.25, 0.3) is 0 Å². The number of hydrogen-bond donors (Lipinski definition) is 1. The number of aromatic nitrogens is 2. The molecule has 0 atom stereocenters. The van der Waals surface area contributed by atoms with Crippen molar-refractivity contribution in [3.05, 3.63) is 52.3 Å². The number of rotatable bonds is 3. The van der Waals surface area contributed by atoms with Crippen LogP contribution in [0.25, 0.3) is 11.3 Å². The zero-order valence-corrected chi connectivity index (χ0v) is 10.1. The quantitative estimate of drug-likeness (QED) is 0.914. The second-order valence-electron chi connectivity index (χ2n) is 3.89. The van der Waals surface area contributed by atoms with Crippen molar-refractivity contribution in [3.63, 3.8) is 0 Å². The SMILES string of the molecule is CCn1cc(C(=O)O)c(-c2cccc(F)c2)nc1=O. The fraction of sp³-hybridized carbons (Fsp3) is 0.154. The van der Waals surface area contributed by atoms with E-state index in [1.54, 1.807) is 6.92 Å². The molecule has 0 amide bonds. The maximum absolute atomic E-state index is 13.2. The third-order valence-corrected chi connectivity index (χ3v) is 2.66. The van der Waals surface area contributed by atoms with Gasteiger partial charge in [-0.25, -0.2) is 14.0 Å². The topological polar surface area (TPSA) is 72.2 Å². The number of benzene rings is 1. The van der Waals surface area contributed by atoms with Crippen LogP contribution < -0.4 is 5.69 Å². The van der Waals surface area contributed by atoms with Gasteiger partial charge in [0, 0.05) is 18.3 Å². The summed E-state index contributed by atoms with van der Waals surface area (Å²) in [5.74, 6) is -1.73. The molecule has 2 rings (SSSR count). The van der Waals surface area contributed by atoms with Gasteiger partial charge in [0.15, 0.2) is 0 Å². The first-order valence-corrected chi connectivity index (χ1v) is 5.63. The van der Waals surface area contributed by atoms with Gasteiger partial charge in [-0.2, -0.15) is 4.98 Å². The summed E-state index contributed by atoms with van der Waals surface area (Å²) in [7, 11) is 0. The third-order valence-electron chi connectivity index (χ3n) is 2.66. The first-order valence-electron chi connectivity index (χ1n) is 5.63. The van der Waals surface area contributed by atoms with Crippen LogP contribution in [0.3, 0.4) is 0 Å². The first-order chi connectivity index (χ1) is 9.02. The van der Waals surface area contributed by atoms with E-state index in [-0.39, 0.29) is 16.8 Å². The van der Waals surface area contributed by atoms with Crippen LogP contribution >= 0.6 is 0 Å². The fourth-order valence-electron chi connectivity index (χ4n) is 1.73. The van der Waals surface area contributed by atoms with Gasteiger partial charge in [-0.15, -0.1) is 0 Å². The van der Waals surface area contributed by atoms with Crippen LogP contribution in [-0.2, 0) is 6.54 Å². The van der Waals surface area contributed by atoms with Gasteiger partial charge in [0.2, 0.25) is 0 Å². The Labute approximate surface area is 108 Å². The van der Waals surface area contributed by atoms with Crippen molar-refractivity contribution in [2.45, 2.75) is 13.5 Å². The van der Waals surface area contributed by atoms with Crippen molar-refractivity contribution in [2.24, 2.45) is 0 Å². The molecule has 5 nitrogen and oxygen atoms in total. The molecule has 2 aromatic rings.